The van der Waals surface area contributed by atoms with E-state index in [9.17, 15) is 0 Å². The largest absolute Gasteiger partial charge is 0.329 e. The monoisotopic (exact) mass is 299 g/mol. The molecular formula is C12H11Cl2N3S. The Morgan fingerprint density at radius 3 is 2.94 bits per heavy atom. The molecule has 3 nitrogen and oxygen atoms in total. The second-order valence-electron chi connectivity index (χ2n) is 3.89. The molecule has 3 rings (SSSR count). The van der Waals surface area contributed by atoms with Crippen LogP contribution in [-0.4, -0.2) is 13.9 Å². The summed E-state index contributed by atoms with van der Waals surface area (Å²) in [4.78, 5) is 4.06. The average molecular weight is 300 g/mol. The number of hydrogen-bond donors (Lipinski definition) is 0. The molecule has 2 aromatic heterocycles. The van der Waals surface area contributed by atoms with Gasteiger partial charge in [-0.3, -0.25) is 0 Å². The number of benzene rings is 1. The minimum Gasteiger partial charge on any atom is -0.329 e. The molecule has 0 aliphatic carbocycles. The van der Waals surface area contributed by atoms with Crippen molar-refractivity contribution in [3.8, 4) is 0 Å². The van der Waals surface area contributed by atoms with E-state index in [1.807, 2.05) is 29.0 Å². The van der Waals surface area contributed by atoms with E-state index >= 15 is 0 Å². The van der Waals surface area contributed by atoms with E-state index < -0.39 is 0 Å². The minimum atomic E-state index is 0. The molecule has 0 fully saturated rings. The molecule has 1 aromatic carbocycles. The van der Waals surface area contributed by atoms with Gasteiger partial charge in [-0.1, -0.05) is 11.6 Å². The molecule has 0 aliphatic rings. The summed E-state index contributed by atoms with van der Waals surface area (Å²) in [5, 5.41) is 1.88. The highest BCUT2D eigenvalue weighted by Gasteiger charge is 2.14. The van der Waals surface area contributed by atoms with Crippen LogP contribution in [0.25, 0.3) is 10.1 Å². The second kappa shape index (κ2) is 5.26. The molecule has 0 radical (unpaired) electrons. The second-order valence-corrected chi connectivity index (χ2v) is 5.14. The lowest BCUT2D eigenvalue weighted by Gasteiger charge is -2.10. The molecule has 18 heavy (non-hydrogen) atoms. The molecule has 0 aliphatic heterocycles. The Bertz CT molecular complexity index is 648. The first-order valence-electron chi connectivity index (χ1n) is 5.28. The van der Waals surface area contributed by atoms with Crippen LogP contribution in [0.1, 0.15) is 18.7 Å². The third-order valence-electron chi connectivity index (χ3n) is 2.83. The normalized spacial score (nSPS) is 12.3. The number of hydrogen-bond acceptors (Lipinski definition) is 3. The Morgan fingerprint density at radius 2 is 2.22 bits per heavy atom. The van der Waals surface area contributed by atoms with E-state index in [4.69, 9.17) is 11.6 Å². The minimum absolute atomic E-state index is 0. The van der Waals surface area contributed by atoms with E-state index in [-0.39, 0.29) is 18.4 Å². The fourth-order valence-corrected chi connectivity index (χ4v) is 2.88. The Morgan fingerprint density at radius 1 is 1.39 bits per heavy atom. The van der Waals surface area contributed by atoms with Crippen molar-refractivity contribution in [2.75, 3.05) is 0 Å². The molecule has 0 amide bonds. The molecule has 0 saturated heterocycles. The lowest BCUT2D eigenvalue weighted by molar-refractivity contribution is 0.631. The highest BCUT2D eigenvalue weighted by molar-refractivity contribution is 7.13. The first-order valence-corrected chi connectivity index (χ1v) is 6.43. The zero-order valence-corrected chi connectivity index (χ0v) is 12.0. The van der Waals surface area contributed by atoms with Crippen molar-refractivity contribution in [1.29, 1.82) is 0 Å². The van der Waals surface area contributed by atoms with Gasteiger partial charge >= 0.3 is 0 Å². The van der Waals surface area contributed by atoms with Crippen LogP contribution in [0.5, 0.6) is 0 Å². The molecule has 3 aromatic rings. The van der Waals surface area contributed by atoms with Gasteiger partial charge in [-0.25, -0.2) is 4.98 Å². The number of nitrogens with zero attached hydrogens (tertiary/aromatic N) is 3. The van der Waals surface area contributed by atoms with Gasteiger partial charge in [-0.05, 0) is 36.7 Å². The van der Waals surface area contributed by atoms with Gasteiger partial charge < -0.3 is 4.57 Å². The van der Waals surface area contributed by atoms with Crippen molar-refractivity contribution in [2.45, 2.75) is 13.0 Å². The lowest BCUT2D eigenvalue weighted by atomic mass is 10.1. The van der Waals surface area contributed by atoms with Gasteiger partial charge in [0.1, 0.15) is 0 Å². The molecular weight excluding hydrogens is 289 g/mol. The van der Waals surface area contributed by atoms with Crippen molar-refractivity contribution in [2.24, 2.45) is 0 Å². The van der Waals surface area contributed by atoms with Crippen molar-refractivity contribution in [3.63, 3.8) is 0 Å². The first kappa shape index (κ1) is 13.3. The fraction of sp³-hybridized carbons (Fsp3) is 0.167. The van der Waals surface area contributed by atoms with E-state index in [0.29, 0.717) is 0 Å². The highest BCUT2D eigenvalue weighted by Crippen LogP contribution is 2.30. The maximum atomic E-state index is 6.03. The van der Waals surface area contributed by atoms with Crippen LogP contribution in [-0.2, 0) is 0 Å². The Labute approximate surface area is 120 Å². The number of imidazole rings is 1. The average Bonchev–Trinajstić information content (AvgIpc) is 2.97. The topological polar surface area (TPSA) is 30.7 Å². The number of fused-ring (bicyclic) bond motifs is 1. The summed E-state index contributed by atoms with van der Waals surface area (Å²) in [5.74, 6) is 0. The maximum Gasteiger partial charge on any atom is 0.0952 e. The Kier molecular flexibility index (Phi) is 3.90. The van der Waals surface area contributed by atoms with E-state index in [0.717, 1.165) is 20.8 Å². The molecule has 94 valence electrons. The van der Waals surface area contributed by atoms with Gasteiger partial charge in [0.2, 0.25) is 0 Å². The standard InChI is InChI=1S/C12H10ClN3S.ClH/c1-8(16-5-4-14-7-16)12-10-6-9(13)2-3-11(10)17-15-12;/h2-8H,1H3;1H. The smallest absolute Gasteiger partial charge is 0.0952 e. The van der Waals surface area contributed by atoms with Crippen LogP contribution in [0.3, 0.4) is 0 Å². The predicted molar refractivity (Wildman–Crippen MR) is 77.9 cm³/mol. The van der Waals surface area contributed by atoms with Crippen LogP contribution >= 0.6 is 35.5 Å². The van der Waals surface area contributed by atoms with Gasteiger partial charge in [0.05, 0.1) is 22.8 Å². The molecule has 1 unspecified atom stereocenters. The Balaban J connectivity index is 0.00000120. The third-order valence-corrected chi connectivity index (χ3v) is 3.90. The zero-order chi connectivity index (χ0) is 11.8. The van der Waals surface area contributed by atoms with Gasteiger partial charge in [0, 0.05) is 22.8 Å². The summed E-state index contributed by atoms with van der Waals surface area (Å²) in [6.07, 6.45) is 5.53. The van der Waals surface area contributed by atoms with Crippen LogP contribution in [0.4, 0.5) is 0 Å². The van der Waals surface area contributed by atoms with Crippen LogP contribution < -0.4 is 0 Å². The molecule has 1 atom stereocenters. The maximum absolute atomic E-state index is 6.03. The fourth-order valence-electron chi connectivity index (χ4n) is 1.87. The van der Waals surface area contributed by atoms with E-state index in [2.05, 4.69) is 16.3 Å². The van der Waals surface area contributed by atoms with E-state index in [1.165, 1.54) is 11.5 Å². The van der Waals surface area contributed by atoms with Crippen LogP contribution in [0.15, 0.2) is 36.9 Å². The van der Waals surface area contributed by atoms with E-state index in [1.54, 1.807) is 12.5 Å². The summed E-state index contributed by atoms with van der Waals surface area (Å²) in [7, 11) is 0. The third kappa shape index (κ3) is 2.23. The predicted octanol–water partition coefficient (Wildman–Crippen LogP) is 4.18. The highest BCUT2D eigenvalue weighted by atomic mass is 35.5. The van der Waals surface area contributed by atoms with Crippen molar-refractivity contribution in [3.05, 3.63) is 47.6 Å². The van der Waals surface area contributed by atoms with Gasteiger partial charge in [-0.2, -0.15) is 4.37 Å². The van der Waals surface area contributed by atoms with Gasteiger partial charge in [0.25, 0.3) is 0 Å². The van der Waals surface area contributed by atoms with Gasteiger partial charge in [0.15, 0.2) is 0 Å². The summed E-state index contributed by atoms with van der Waals surface area (Å²) in [6, 6.07) is 6.06. The molecule has 0 N–H and O–H groups in total. The summed E-state index contributed by atoms with van der Waals surface area (Å²) in [6.45, 7) is 2.11. The SMILES string of the molecule is CC(c1nsc2ccc(Cl)cc12)n1ccnc1.Cl. The number of rotatable bonds is 2. The van der Waals surface area contributed by atoms with Crippen molar-refractivity contribution < 1.29 is 0 Å². The molecule has 2 heterocycles. The van der Waals surface area contributed by atoms with Crippen molar-refractivity contribution in [1.82, 2.24) is 13.9 Å². The quantitative estimate of drug-likeness (QED) is 0.711. The molecule has 0 bridgehead atoms. The summed E-state index contributed by atoms with van der Waals surface area (Å²) < 4.78 is 7.73. The Hall–Kier alpha value is -1.10. The zero-order valence-electron chi connectivity index (χ0n) is 9.58. The van der Waals surface area contributed by atoms with Crippen LogP contribution in [0.2, 0.25) is 5.02 Å². The van der Waals surface area contributed by atoms with Crippen molar-refractivity contribution >= 4 is 45.6 Å². The summed E-state index contributed by atoms with van der Waals surface area (Å²) in [5.41, 5.74) is 1.05. The van der Waals surface area contributed by atoms with Crippen LogP contribution in [0, 0.1) is 0 Å². The van der Waals surface area contributed by atoms with Gasteiger partial charge in [-0.15, -0.1) is 12.4 Å². The molecule has 0 spiro atoms. The molecule has 0 saturated carbocycles. The number of aromatic nitrogens is 3. The molecule has 6 heteroatoms. The number of halogens is 2. The lowest BCUT2D eigenvalue weighted by Crippen LogP contribution is -2.04. The summed E-state index contributed by atoms with van der Waals surface area (Å²) >= 11 is 7.54. The first-order chi connectivity index (χ1) is 8.25.